The van der Waals surface area contributed by atoms with Gasteiger partial charge in [0.1, 0.15) is 11.1 Å². The van der Waals surface area contributed by atoms with Gasteiger partial charge in [-0.25, -0.2) is 14.4 Å². The molecule has 0 bridgehead atoms. The lowest BCUT2D eigenvalue weighted by Crippen LogP contribution is -2.55. The minimum absolute atomic E-state index is 0.163. The first kappa shape index (κ1) is 20.7. The molecule has 9 nitrogen and oxygen atoms in total. The second-order valence-corrected chi connectivity index (χ2v) is 7.80. The average Bonchev–Trinajstić information content (AvgIpc) is 2.94. The fourth-order valence-corrected chi connectivity index (χ4v) is 3.23. The number of aromatic amines is 1. The molecule has 0 aromatic carbocycles. The molecule has 1 aliphatic rings. The van der Waals surface area contributed by atoms with Gasteiger partial charge >= 0.3 is 17.8 Å². The van der Waals surface area contributed by atoms with Gasteiger partial charge in [-0.1, -0.05) is 0 Å². The van der Waals surface area contributed by atoms with E-state index in [9.17, 15) is 19.2 Å². The van der Waals surface area contributed by atoms with Crippen molar-refractivity contribution in [3.05, 3.63) is 32.6 Å². The van der Waals surface area contributed by atoms with Crippen molar-refractivity contribution in [2.45, 2.75) is 71.1 Å². The van der Waals surface area contributed by atoms with E-state index in [0.29, 0.717) is 18.4 Å². The molecule has 2 atom stereocenters. The third-order valence-electron chi connectivity index (χ3n) is 4.43. The molecule has 1 aliphatic carbocycles. The van der Waals surface area contributed by atoms with Crippen LogP contribution in [0.3, 0.4) is 0 Å². The highest BCUT2D eigenvalue weighted by Crippen LogP contribution is 2.38. The van der Waals surface area contributed by atoms with Gasteiger partial charge in [-0.15, -0.1) is 0 Å². The van der Waals surface area contributed by atoms with Crippen LogP contribution >= 0.6 is 0 Å². The first-order valence-corrected chi connectivity index (χ1v) is 8.98. The summed E-state index contributed by atoms with van der Waals surface area (Å²) in [6.07, 6.45) is 1.67. The Kier molecular flexibility index (Phi) is 5.82. The zero-order valence-electron chi connectivity index (χ0n) is 16.4. The zero-order valence-corrected chi connectivity index (χ0v) is 16.4. The lowest BCUT2D eigenvalue weighted by Gasteiger charge is -2.30. The lowest BCUT2D eigenvalue weighted by molar-refractivity contribution is -0.151. The smallest absolute Gasteiger partial charge is 0.408 e. The highest BCUT2D eigenvalue weighted by atomic mass is 16.6. The number of aromatic nitrogens is 2. The SMILES string of the molecule is CCOC(=O)[C@@]1(NC(=O)OC(C)(C)C)CC[C@H](n2cc(C)c(=O)[nH]c2=O)C1. The quantitative estimate of drug-likeness (QED) is 0.761. The van der Waals surface area contributed by atoms with E-state index in [-0.39, 0.29) is 19.1 Å². The van der Waals surface area contributed by atoms with Gasteiger partial charge in [-0.3, -0.25) is 14.3 Å². The number of esters is 1. The Bertz CT molecular complexity index is 835. The minimum Gasteiger partial charge on any atom is -0.464 e. The van der Waals surface area contributed by atoms with Gasteiger partial charge in [-0.05, 0) is 47.5 Å². The molecule has 0 saturated heterocycles. The monoisotopic (exact) mass is 381 g/mol. The van der Waals surface area contributed by atoms with Crippen molar-refractivity contribution in [2.24, 2.45) is 0 Å². The lowest BCUT2D eigenvalue weighted by atomic mass is 9.97. The summed E-state index contributed by atoms with van der Waals surface area (Å²) < 4.78 is 11.8. The van der Waals surface area contributed by atoms with Gasteiger partial charge in [0.25, 0.3) is 5.56 Å². The van der Waals surface area contributed by atoms with Crippen LogP contribution < -0.4 is 16.6 Å². The van der Waals surface area contributed by atoms with Crippen molar-refractivity contribution >= 4 is 12.1 Å². The standard InChI is InChI=1S/C18H27N3O6/c1-6-26-14(23)18(20-16(25)27-17(3,4)5)8-7-12(9-18)21-10-11(2)13(22)19-15(21)24/h10,12H,6-9H2,1-5H3,(H,20,25)(H,19,22,24)/t12-,18+/m0/s1. The predicted octanol–water partition coefficient (Wildman–Crippen LogP) is 1.40. The largest absolute Gasteiger partial charge is 0.464 e. The predicted molar refractivity (Wildman–Crippen MR) is 97.7 cm³/mol. The number of aryl methyl sites for hydroxylation is 1. The molecule has 2 N–H and O–H groups in total. The average molecular weight is 381 g/mol. The molecule has 1 saturated carbocycles. The summed E-state index contributed by atoms with van der Waals surface area (Å²) in [5, 5.41) is 2.66. The van der Waals surface area contributed by atoms with Crippen molar-refractivity contribution in [1.29, 1.82) is 0 Å². The number of amides is 1. The molecule has 1 aromatic heterocycles. The molecule has 9 heteroatoms. The minimum atomic E-state index is -1.29. The van der Waals surface area contributed by atoms with E-state index in [0.717, 1.165) is 0 Å². The number of carbonyl (C=O) groups is 2. The van der Waals surface area contributed by atoms with Crippen LogP contribution in [0.25, 0.3) is 0 Å². The van der Waals surface area contributed by atoms with Crippen molar-refractivity contribution in [3.8, 4) is 0 Å². The summed E-state index contributed by atoms with van der Waals surface area (Å²) in [6, 6.07) is -0.368. The number of hydrogen-bond donors (Lipinski definition) is 2. The van der Waals surface area contributed by atoms with Crippen LogP contribution in [-0.2, 0) is 14.3 Å². The van der Waals surface area contributed by atoms with Crippen LogP contribution in [0.15, 0.2) is 15.8 Å². The Hall–Kier alpha value is -2.58. The second-order valence-electron chi connectivity index (χ2n) is 7.80. The Morgan fingerprint density at radius 3 is 2.63 bits per heavy atom. The third-order valence-corrected chi connectivity index (χ3v) is 4.43. The van der Waals surface area contributed by atoms with Crippen molar-refractivity contribution in [1.82, 2.24) is 14.9 Å². The zero-order chi connectivity index (χ0) is 20.4. The van der Waals surface area contributed by atoms with Crippen LogP contribution in [0.5, 0.6) is 0 Å². The Balaban J connectivity index is 2.31. The number of carbonyl (C=O) groups excluding carboxylic acids is 2. The molecule has 1 fully saturated rings. The Labute approximate surface area is 157 Å². The fraction of sp³-hybridized carbons (Fsp3) is 0.667. The van der Waals surface area contributed by atoms with Crippen LogP contribution in [0, 0.1) is 6.92 Å². The Morgan fingerprint density at radius 1 is 1.37 bits per heavy atom. The molecule has 1 amide bonds. The normalized spacial score (nSPS) is 22.3. The van der Waals surface area contributed by atoms with Crippen molar-refractivity contribution in [3.63, 3.8) is 0 Å². The van der Waals surface area contributed by atoms with Gasteiger partial charge in [0, 0.05) is 24.2 Å². The number of ether oxygens (including phenoxy) is 2. The van der Waals surface area contributed by atoms with Crippen LogP contribution in [-0.4, -0.2) is 39.4 Å². The van der Waals surface area contributed by atoms with Crippen LogP contribution in [0.4, 0.5) is 4.79 Å². The maximum absolute atomic E-state index is 12.6. The van der Waals surface area contributed by atoms with Gasteiger partial charge in [0.2, 0.25) is 0 Å². The summed E-state index contributed by atoms with van der Waals surface area (Å²) in [5.41, 5.74) is -2.61. The number of nitrogens with zero attached hydrogens (tertiary/aromatic N) is 1. The molecular weight excluding hydrogens is 354 g/mol. The van der Waals surface area contributed by atoms with Gasteiger partial charge in [0.15, 0.2) is 0 Å². The van der Waals surface area contributed by atoms with E-state index < -0.39 is 34.5 Å². The number of H-pyrrole nitrogens is 1. The summed E-state index contributed by atoms with van der Waals surface area (Å²) in [4.78, 5) is 50.9. The highest BCUT2D eigenvalue weighted by molar-refractivity contribution is 5.86. The summed E-state index contributed by atoms with van der Waals surface area (Å²) in [7, 11) is 0. The van der Waals surface area contributed by atoms with E-state index in [1.165, 1.54) is 10.8 Å². The van der Waals surface area contributed by atoms with E-state index in [1.54, 1.807) is 34.6 Å². The molecule has 0 aliphatic heterocycles. The molecule has 2 rings (SSSR count). The van der Waals surface area contributed by atoms with E-state index in [1.807, 2.05) is 0 Å². The molecule has 1 heterocycles. The molecule has 0 unspecified atom stereocenters. The molecular formula is C18H27N3O6. The summed E-state index contributed by atoms with van der Waals surface area (Å²) in [6.45, 7) is 8.62. The molecule has 150 valence electrons. The van der Waals surface area contributed by atoms with Gasteiger partial charge in [0.05, 0.1) is 6.61 Å². The molecule has 0 radical (unpaired) electrons. The first-order chi connectivity index (χ1) is 12.5. The number of nitrogens with one attached hydrogen (secondary N) is 2. The van der Waals surface area contributed by atoms with Gasteiger partial charge in [-0.2, -0.15) is 0 Å². The summed E-state index contributed by atoms with van der Waals surface area (Å²) >= 11 is 0. The van der Waals surface area contributed by atoms with Crippen molar-refractivity contribution < 1.29 is 19.1 Å². The maximum Gasteiger partial charge on any atom is 0.408 e. The topological polar surface area (TPSA) is 119 Å². The van der Waals surface area contributed by atoms with Crippen LogP contribution in [0.2, 0.25) is 0 Å². The van der Waals surface area contributed by atoms with Crippen LogP contribution in [0.1, 0.15) is 58.6 Å². The van der Waals surface area contributed by atoms with Crippen molar-refractivity contribution in [2.75, 3.05) is 6.61 Å². The second kappa shape index (κ2) is 7.58. The Morgan fingerprint density at radius 2 is 2.04 bits per heavy atom. The first-order valence-electron chi connectivity index (χ1n) is 8.98. The molecule has 0 spiro atoms. The highest BCUT2D eigenvalue weighted by Gasteiger charge is 2.49. The number of rotatable bonds is 4. The molecule has 27 heavy (non-hydrogen) atoms. The van der Waals surface area contributed by atoms with Gasteiger partial charge < -0.3 is 14.8 Å². The van der Waals surface area contributed by atoms with E-state index in [4.69, 9.17) is 9.47 Å². The third kappa shape index (κ3) is 4.78. The number of alkyl carbamates (subject to hydrolysis) is 1. The van der Waals surface area contributed by atoms with E-state index >= 15 is 0 Å². The molecule has 1 aromatic rings. The fourth-order valence-electron chi connectivity index (χ4n) is 3.23. The van der Waals surface area contributed by atoms with E-state index in [2.05, 4.69) is 10.3 Å². The number of hydrogen-bond acceptors (Lipinski definition) is 6. The maximum atomic E-state index is 12.6. The summed E-state index contributed by atoms with van der Waals surface area (Å²) in [5.74, 6) is -0.562.